The van der Waals surface area contributed by atoms with E-state index < -0.39 is 5.97 Å². The molecule has 0 spiro atoms. The van der Waals surface area contributed by atoms with Crippen LogP contribution in [0.25, 0.3) is 0 Å². The standard InChI is InChI=1S/C16H16O4/c1-3-6-12-7-4-5-8-14(12)19-10-13-9-11(2)15(20-13)16(17)18/h3-5,7-9H,1,6,10H2,2H3,(H,17,18). The molecule has 0 fully saturated rings. The fourth-order valence-electron chi connectivity index (χ4n) is 1.95. The number of para-hydroxylation sites is 1. The van der Waals surface area contributed by atoms with Crippen LogP contribution in [0.2, 0.25) is 0 Å². The second-order valence-corrected chi connectivity index (χ2v) is 4.42. The predicted molar refractivity (Wildman–Crippen MR) is 75.1 cm³/mol. The number of aromatic carboxylic acids is 1. The molecule has 0 amide bonds. The summed E-state index contributed by atoms with van der Waals surface area (Å²) in [6.45, 7) is 5.60. The summed E-state index contributed by atoms with van der Waals surface area (Å²) in [5.41, 5.74) is 1.62. The van der Waals surface area contributed by atoms with E-state index in [0.29, 0.717) is 17.7 Å². The summed E-state index contributed by atoms with van der Waals surface area (Å²) in [5.74, 6) is 0.135. The lowest BCUT2D eigenvalue weighted by atomic mass is 10.1. The second-order valence-electron chi connectivity index (χ2n) is 4.42. The zero-order chi connectivity index (χ0) is 14.5. The number of hydrogen-bond donors (Lipinski definition) is 1. The minimum Gasteiger partial charge on any atom is -0.485 e. The quantitative estimate of drug-likeness (QED) is 0.816. The van der Waals surface area contributed by atoms with Crippen LogP contribution in [0.5, 0.6) is 5.75 Å². The molecule has 0 aliphatic heterocycles. The van der Waals surface area contributed by atoms with Gasteiger partial charge in [0.05, 0.1) is 0 Å². The van der Waals surface area contributed by atoms with Gasteiger partial charge in [0.15, 0.2) is 0 Å². The molecule has 4 nitrogen and oxygen atoms in total. The van der Waals surface area contributed by atoms with E-state index >= 15 is 0 Å². The van der Waals surface area contributed by atoms with Crippen LogP contribution < -0.4 is 4.74 Å². The zero-order valence-corrected chi connectivity index (χ0v) is 11.3. The Bertz CT molecular complexity index is 625. The molecule has 4 heteroatoms. The third-order valence-corrected chi connectivity index (χ3v) is 2.87. The van der Waals surface area contributed by atoms with Crippen molar-refractivity contribution >= 4 is 5.97 Å². The van der Waals surface area contributed by atoms with Crippen molar-refractivity contribution in [3.63, 3.8) is 0 Å². The van der Waals surface area contributed by atoms with Crippen molar-refractivity contribution in [2.24, 2.45) is 0 Å². The van der Waals surface area contributed by atoms with Crippen LogP contribution in [0.4, 0.5) is 0 Å². The van der Waals surface area contributed by atoms with E-state index in [1.54, 1.807) is 13.0 Å². The Labute approximate surface area is 117 Å². The Morgan fingerprint density at radius 1 is 1.45 bits per heavy atom. The number of carbonyl (C=O) groups is 1. The summed E-state index contributed by atoms with van der Waals surface area (Å²) in [4.78, 5) is 10.9. The van der Waals surface area contributed by atoms with Crippen LogP contribution >= 0.6 is 0 Å². The molecule has 0 saturated carbocycles. The van der Waals surface area contributed by atoms with Crippen LogP contribution in [0.1, 0.15) is 27.4 Å². The SMILES string of the molecule is C=CCc1ccccc1OCc1cc(C)c(C(=O)O)o1. The van der Waals surface area contributed by atoms with Crippen molar-refractivity contribution in [3.8, 4) is 5.75 Å². The highest BCUT2D eigenvalue weighted by molar-refractivity contribution is 5.86. The Morgan fingerprint density at radius 3 is 2.85 bits per heavy atom. The number of benzene rings is 1. The molecule has 0 aliphatic rings. The lowest BCUT2D eigenvalue weighted by Crippen LogP contribution is -1.98. The average Bonchev–Trinajstić information content (AvgIpc) is 2.79. The molecule has 0 saturated heterocycles. The van der Waals surface area contributed by atoms with Crippen molar-refractivity contribution in [3.05, 3.63) is 65.6 Å². The average molecular weight is 272 g/mol. The Kier molecular flexibility index (Phi) is 4.25. The van der Waals surface area contributed by atoms with Crippen molar-refractivity contribution in [1.82, 2.24) is 0 Å². The van der Waals surface area contributed by atoms with E-state index in [1.807, 2.05) is 30.3 Å². The maximum absolute atomic E-state index is 10.9. The van der Waals surface area contributed by atoms with Crippen molar-refractivity contribution in [2.45, 2.75) is 20.0 Å². The highest BCUT2D eigenvalue weighted by atomic mass is 16.5. The summed E-state index contributed by atoms with van der Waals surface area (Å²) >= 11 is 0. The monoisotopic (exact) mass is 272 g/mol. The number of ether oxygens (including phenoxy) is 1. The maximum atomic E-state index is 10.9. The molecule has 1 heterocycles. The molecule has 0 unspecified atom stereocenters. The number of carboxylic acids is 1. The van der Waals surface area contributed by atoms with E-state index in [1.165, 1.54) is 0 Å². The van der Waals surface area contributed by atoms with Crippen molar-refractivity contribution in [1.29, 1.82) is 0 Å². The van der Waals surface area contributed by atoms with Gasteiger partial charge < -0.3 is 14.3 Å². The smallest absolute Gasteiger partial charge is 0.372 e. The Balaban J connectivity index is 2.11. The van der Waals surface area contributed by atoms with Gasteiger partial charge in [-0.05, 0) is 31.0 Å². The fraction of sp³-hybridized carbons (Fsp3) is 0.188. The van der Waals surface area contributed by atoms with Gasteiger partial charge in [-0.3, -0.25) is 0 Å². The molecule has 1 aromatic carbocycles. The summed E-state index contributed by atoms with van der Waals surface area (Å²) in [6.07, 6.45) is 2.52. The highest BCUT2D eigenvalue weighted by Crippen LogP contribution is 2.21. The largest absolute Gasteiger partial charge is 0.485 e. The van der Waals surface area contributed by atoms with Gasteiger partial charge in [0.1, 0.15) is 18.1 Å². The molecule has 104 valence electrons. The van der Waals surface area contributed by atoms with Gasteiger partial charge in [0.2, 0.25) is 5.76 Å². The van der Waals surface area contributed by atoms with Crippen LogP contribution in [0.3, 0.4) is 0 Å². The maximum Gasteiger partial charge on any atom is 0.372 e. The van der Waals surface area contributed by atoms with Crippen molar-refractivity contribution in [2.75, 3.05) is 0 Å². The van der Waals surface area contributed by atoms with Gasteiger partial charge >= 0.3 is 5.97 Å². The molecule has 1 N–H and O–H groups in total. The molecule has 2 rings (SSSR count). The normalized spacial score (nSPS) is 10.2. The molecule has 0 bridgehead atoms. The number of furan rings is 1. The van der Waals surface area contributed by atoms with E-state index in [9.17, 15) is 4.79 Å². The molecule has 20 heavy (non-hydrogen) atoms. The minimum atomic E-state index is -1.07. The highest BCUT2D eigenvalue weighted by Gasteiger charge is 2.14. The lowest BCUT2D eigenvalue weighted by molar-refractivity contribution is 0.0657. The first kappa shape index (κ1) is 13.9. The summed E-state index contributed by atoms with van der Waals surface area (Å²) < 4.78 is 10.9. The molecule has 0 radical (unpaired) electrons. The Hall–Kier alpha value is -2.49. The first-order valence-corrected chi connectivity index (χ1v) is 6.26. The molecule has 1 aromatic heterocycles. The van der Waals surface area contributed by atoms with Gasteiger partial charge in [-0.25, -0.2) is 4.79 Å². The van der Waals surface area contributed by atoms with E-state index in [4.69, 9.17) is 14.3 Å². The Morgan fingerprint density at radius 2 is 2.20 bits per heavy atom. The second kappa shape index (κ2) is 6.10. The van der Waals surface area contributed by atoms with Crippen molar-refractivity contribution < 1.29 is 19.1 Å². The molecular weight excluding hydrogens is 256 g/mol. The number of carboxylic acid groups (broad SMARTS) is 1. The molecule has 2 aromatic rings. The first-order chi connectivity index (χ1) is 9.61. The number of hydrogen-bond acceptors (Lipinski definition) is 3. The topological polar surface area (TPSA) is 59.7 Å². The van der Waals surface area contributed by atoms with Gasteiger partial charge in [-0.2, -0.15) is 0 Å². The lowest BCUT2D eigenvalue weighted by Gasteiger charge is -2.08. The summed E-state index contributed by atoms with van der Waals surface area (Å²) in [5, 5.41) is 8.93. The van der Waals surface area contributed by atoms with Crippen LogP contribution in [0, 0.1) is 6.92 Å². The molecular formula is C16H16O4. The van der Waals surface area contributed by atoms with Gasteiger partial charge in [-0.15, -0.1) is 6.58 Å². The van der Waals surface area contributed by atoms with E-state index in [-0.39, 0.29) is 12.4 Å². The summed E-state index contributed by atoms with van der Waals surface area (Å²) in [6, 6.07) is 9.34. The molecule has 0 aliphatic carbocycles. The van der Waals surface area contributed by atoms with Gasteiger partial charge in [0, 0.05) is 5.56 Å². The van der Waals surface area contributed by atoms with Gasteiger partial charge in [-0.1, -0.05) is 24.3 Å². The van der Waals surface area contributed by atoms with E-state index in [2.05, 4.69) is 6.58 Å². The molecule has 0 atom stereocenters. The minimum absolute atomic E-state index is 0.0389. The predicted octanol–water partition coefficient (Wildman–Crippen LogP) is 3.59. The number of aryl methyl sites for hydroxylation is 1. The van der Waals surface area contributed by atoms with Crippen LogP contribution in [0.15, 0.2) is 47.4 Å². The number of rotatable bonds is 6. The summed E-state index contributed by atoms with van der Waals surface area (Å²) in [7, 11) is 0. The van der Waals surface area contributed by atoms with Gasteiger partial charge in [0.25, 0.3) is 0 Å². The third kappa shape index (κ3) is 3.09. The van der Waals surface area contributed by atoms with Crippen LogP contribution in [-0.2, 0) is 13.0 Å². The first-order valence-electron chi connectivity index (χ1n) is 6.26. The fourth-order valence-corrected chi connectivity index (χ4v) is 1.95. The number of allylic oxidation sites excluding steroid dienone is 1. The van der Waals surface area contributed by atoms with Crippen LogP contribution in [-0.4, -0.2) is 11.1 Å². The zero-order valence-electron chi connectivity index (χ0n) is 11.3. The third-order valence-electron chi connectivity index (χ3n) is 2.87. The van der Waals surface area contributed by atoms with E-state index in [0.717, 1.165) is 11.3 Å².